The summed E-state index contributed by atoms with van der Waals surface area (Å²) in [6.07, 6.45) is 3.33. The molecule has 0 unspecified atom stereocenters. The highest BCUT2D eigenvalue weighted by Gasteiger charge is 2.15. The van der Waals surface area contributed by atoms with Gasteiger partial charge < -0.3 is 9.73 Å². The maximum Gasteiger partial charge on any atom is 0.274 e. The van der Waals surface area contributed by atoms with Gasteiger partial charge in [-0.05, 0) is 48.9 Å². The highest BCUT2D eigenvalue weighted by molar-refractivity contribution is 6.04. The van der Waals surface area contributed by atoms with E-state index in [1.807, 2.05) is 37.3 Å². The average molecular weight is 386 g/mol. The van der Waals surface area contributed by atoms with Crippen LogP contribution in [0.15, 0.2) is 71.4 Å². The molecule has 0 radical (unpaired) electrons. The summed E-state index contributed by atoms with van der Waals surface area (Å²) < 4.78 is 20.9. The van der Waals surface area contributed by atoms with Crippen molar-refractivity contribution in [1.82, 2.24) is 14.4 Å². The molecule has 3 heterocycles. The minimum Gasteiger partial charge on any atom is -0.436 e. The summed E-state index contributed by atoms with van der Waals surface area (Å²) in [5.74, 6) is -0.290. The number of anilines is 1. The van der Waals surface area contributed by atoms with Crippen molar-refractivity contribution >= 4 is 28.3 Å². The van der Waals surface area contributed by atoms with Crippen molar-refractivity contribution in [2.75, 3.05) is 5.32 Å². The topological polar surface area (TPSA) is 72.4 Å². The quantitative estimate of drug-likeness (QED) is 0.481. The van der Waals surface area contributed by atoms with E-state index >= 15 is 0 Å². The van der Waals surface area contributed by atoms with Crippen LogP contribution in [0.25, 0.3) is 28.2 Å². The smallest absolute Gasteiger partial charge is 0.274 e. The number of nitrogens with zero attached hydrogens (tertiary/aromatic N) is 3. The van der Waals surface area contributed by atoms with Crippen LogP contribution in [0.1, 0.15) is 16.1 Å². The molecule has 5 rings (SSSR count). The number of imidazole rings is 1. The third kappa shape index (κ3) is 3.02. The molecule has 0 aliphatic rings. The first kappa shape index (κ1) is 17.1. The van der Waals surface area contributed by atoms with E-state index in [1.54, 1.807) is 28.9 Å². The Bertz CT molecular complexity index is 1390. The molecule has 0 saturated heterocycles. The predicted octanol–water partition coefficient (Wildman–Crippen LogP) is 4.84. The number of carbonyl (C=O) groups is 1. The molecule has 7 heteroatoms. The number of aryl methyl sites for hydroxylation is 1. The number of oxazole rings is 1. The van der Waals surface area contributed by atoms with Crippen molar-refractivity contribution < 1.29 is 13.6 Å². The van der Waals surface area contributed by atoms with Gasteiger partial charge in [0.05, 0.1) is 6.20 Å². The molecule has 5 aromatic rings. The maximum atomic E-state index is 13.4. The van der Waals surface area contributed by atoms with Crippen molar-refractivity contribution in [2.45, 2.75) is 6.92 Å². The lowest BCUT2D eigenvalue weighted by molar-refractivity contribution is 0.102. The molecule has 1 N–H and O–H groups in total. The summed E-state index contributed by atoms with van der Waals surface area (Å²) in [5.41, 5.74) is 4.27. The molecular formula is C22H15FN4O2. The number of halogens is 1. The van der Waals surface area contributed by atoms with Crippen molar-refractivity contribution in [3.8, 4) is 11.5 Å². The summed E-state index contributed by atoms with van der Waals surface area (Å²) in [7, 11) is 0. The van der Waals surface area contributed by atoms with Crippen molar-refractivity contribution in [1.29, 1.82) is 0 Å². The number of hydrogen-bond acceptors (Lipinski definition) is 4. The van der Waals surface area contributed by atoms with Crippen LogP contribution in [-0.4, -0.2) is 20.3 Å². The Hall–Kier alpha value is -4.00. The van der Waals surface area contributed by atoms with Gasteiger partial charge in [-0.3, -0.25) is 9.20 Å². The van der Waals surface area contributed by atoms with E-state index in [2.05, 4.69) is 15.3 Å². The Morgan fingerprint density at radius 2 is 2.03 bits per heavy atom. The number of amides is 1. The molecule has 0 saturated carbocycles. The molecule has 0 bridgehead atoms. The van der Waals surface area contributed by atoms with Crippen LogP contribution in [0.4, 0.5) is 10.1 Å². The van der Waals surface area contributed by atoms with Crippen LogP contribution in [0.5, 0.6) is 0 Å². The maximum absolute atomic E-state index is 13.4. The number of hydrogen-bond donors (Lipinski definition) is 1. The number of aromatic nitrogens is 3. The minimum absolute atomic E-state index is 0.274. The lowest BCUT2D eigenvalue weighted by atomic mass is 10.1. The van der Waals surface area contributed by atoms with Crippen LogP contribution in [-0.2, 0) is 0 Å². The Labute approximate surface area is 164 Å². The largest absolute Gasteiger partial charge is 0.436 e. The monoisotopic (exact) mass is 386 g/mol. The Morgan fingerprint density at radius 3 is 2.93 bits per heavy atom. The van der Waals surface area contributed by atoms with Gasteiger partial charge in [0.2, 0.25) is 5.89 Å². The van der Waals surface area contributed by atoms with E-state index in [-0.39, 0.29) is 11.7 Å². The standard InChI is InChI=1S/C22H15FN4O2/c1-13-5-6-14(22-26-17-11-15(23)7-8-19(17)29-22)10-16(13)25-21(28)18-12-24-20-4-2-3-9-27(18)20/h2-12H,1H3,(H,25,28). The molecule has 142 valence electrons. The first-order chi connectivity index (χ1) is 14.1. The molecule has 1 amide bonds. The molecule has 29 heavy (non-hydrogen) atoms. The van der Waals surface area contributed by atoms with E-state index in [0.717, 1.165) is 5.56 Å². The molecule has 0 atom stereocenters. The fourth-order valence-electron chi connectivity index (χ4n) is 3.20. The fraction of sp³-hybridized carbons (Fsp3) is 0.0455. The Morgan fingerprint density at radius 1 is 1.14 bits per heavy atom. The summed E-state index contributed by atoms with van der Waals surface area (Å²) >= 11 is 0. The van der Waals surface area contributed by atoms with Crippen LogP contribution >= 0.6 is 0 Å². The highest BCUT2D eigenvalue weighted by atomic mass is 19.1. The first-order valence-electron chi connectivity index (χ1n) is 8.99. The van der Waals surface area contributed by atoms with E-state index in [4.69, 9.17) is 4.42 Å². The zero-order valence-electron chi connectivity index (χ0n) is 15.4. The van der Waals surface area contributed by atoms with Gasteiger partial charge in [-0.15, -0.1) is 0 Å². The highest BCUT2D eigenvalue weighted by Crippen LogP contribution is 2.28. The molecular weight excluding hydrogens is 371 g/mol. The molecule has 0 fully saturated rings. The van der Waals surface area contributed by atoms with Gasteiger partial charge in [0.1, 0.15) is 22.7 Å². The second-order valence-electron chi connectivity index (χ2n) is 6.69. The summed E-state index contributed by atoms with van der Waals surface area (Å²) in [6.45, 7) is 1.90. The fourth-order valence-corrected chi connectivity index (χ4v) is 3.20. The predicted molar refractivity (Wildman–Crippen MR) is 107 cm³/mol. The number of benzene rings is 2. The van der Waals surface area contributed by atoms with Gasteiger partial charge in [0.25, 0.3) is 5.91 Å². The third-order valence-electron chi connectivity index (χ3n) is 4.73. The molecule has 0 aliphatic carbocycles. The van der Waals surface area contributed by atoms with Crippen molar-refractivity contribution in [2.24, 2.45) is 0 Å². The van der Waals surface area contributed by atoms with Gasteiger partial charge in [-0.1, -0.05) is 12.1 Å². The van der Waals surface area contributed by atoms with Gasteiger partial charge in [-0.25, -0.2) is 14.4 Å². The lowest BCUT2D eigenvalue weighted by Gasteiger charge is -2.09. The average Bonchev–Trinajstić information content (AvgIpc) is 3.33. The number of carbonyl (C=O) groups excluding carboxylic acids is 1. The molecule has 3 aromatic heterocycles. The number of pyridine rings is 1. The number of nitrogens with one attached hydrogen (secondary N) is 1. The SMILES string of the molecule is Cc1ccc(-c2nc3cc(F)ccc3o2)cc1NC(=O)c1cnc2ccccn12. The first-order valence-corrected chi connectivity index (χ1v) is 8.99. The molecule has 2 aromatic carbocycles. The van der Waals surface area contributed by atoms with E-state index in [0.29, 0.717) is 39.6 Å². The van der Waals surface area contributed by atoms with Crippen LogP contribution in [0.3, 0.4) is 0 Å². The van der Waals surface area contributed by atoms with E-state index < -0.39 is 0 Å². The second kappa shape index (κ2) is 6.56. The van der Waals surface area contributed by atoms with Gasteiger partial charge in [-0.2, -0.15) is 0 Å². The van der Waals surface area contributed by atoms with E-state index in [1.165, 1.54) is 12.1 Å². The van der Waals surface area contributed by atoms with Gasteiger partial charge >= 0.3 is 0 Å². The van der Waals surface area contributed by atoms with E-state index in [9.17, 15) is 9.18 Å². The normalized spacial score (nSPS) is 11.2. The Kier molecular flexibility index (Phi) is 3.87. The minimum atomic E-state index is -0.373. The zero-order valence-corrected chi connectivity index (χ0v) is 15.4. The van der Waals surface area contributed by atoms with Crippen molar-refractivity contribution in [3.05, 3.63) is 84.1 Å². The van der Waals surface area contributed by atoms with Gasteiger partial charge in [0.15, 0.2) is 5.58 Å². The van der Waals surface area contributed by atoms with Crippen molar-refractivity contribution in [3.63, 3.8) is 0 Å². The van der Waals surface area contributed by atoms with Crippen LogP contribution < -0.4 is 5.32 Å². The summed E-state index contributed by atoms with van der Waals surface area (Å²) in [5, 5.41) is 2.93. The lowest BCUT2D eigenvalue weighted by Crippen LogP contribution is -2.15. The Balaban J connectivity index is 1.49. The molecule has 0 spiro atoms. The number of fused-ring (bicyclic) bond motifs is 2. The van der Waals surface area contributed by atoms with Crippen LogP contribution in [0.2, 0.25) is 0 Å². The third-order valence-corrected chi connectivity index (χ3v) is 4.73. The van der Waals surface area contributed by atoms with Crippen LogP contribution in [0, 0.1) is 12.7 Å². The second-order valence-corrected chi connectivity index (χ2v) is 6.69. The number of rotatable bonds is 3. The summed E-state index contributed by atoms with van der Waals surface area (Å²) in [6, 6.07) is 15.2. The van der Waals surface area contributed by atoms with Gasteiger partial charge in [0, 0.05) is 23.5 Å². The summed E-state index contributed by atoms with van der Waals surface area (Å²) in [4.78, 5) is 21.4. The zero-order chi connectivity index (χ0) is 20.0. The molecule has 0 aliphatic heterocycles. The molecule has 6 nitrogen and oxygen atoms in total.